The van der Waals surface area contributed by atoms with Crippen LogP contribution in [-0.2, 0) is 6.54 Å². The molecule has 0 bridgehead atoms. The summed E-state index contributed by atoms with van der Waals surface area (Å²) < 4.78 is 6.12. The predicted molar refractivity (Wildman–Crippen MR) is 115 cm³/mol. The molecule has 1 atom stereocenters. The highest BCUT2D eigenvalue weighted by Gasteiger charge is 2.21. The molecule has 4 heterocycles. The van der Waals surface area contributed by atoms with Crippen LogP contribution in [-0.4, -0.2) is 53.2 Å². The van der Waals surface area contributed by atoms with E-state index in [1.165, 1.54) is 0 Å². The minimum Gasteiger partial charge on any atom is -0.320 e. The van der Waals surface area contributed by atoms with Crippen molar-refractivity contribution in [2.45, 2.75) is 38.8 Å². The van der Waals surface area contributed by atoms with Gasteiger partial charge in [-0.1, -0.05) is 35.1 Å². The minimum absolute atomic E-state index is 0.342. The first-order chi connectivity index (χ1) is 13.6. The Kier molecular flexibility index (Phi) is 5.96. The van der Waals surface area contributed by atoms with Crippen LogP contribution in [0.25, 0.3) is 11.0 Å². The van der Waals surface area contributed by atoms with Crippen molar-refractivity contribution >= 4 is 57.8 Å². The molecule has 1 aliphatic rings. The number of hydrogen-bond acceptors (Lipinski definition) is 7. The average molecular weight is 441 g/mol. The molecule has 0 radical (unpaired) electrons. The second-order valence-corrected chi connectivity index (χ2v) is 8.27. The number of halogens is 2. The van der Waals surface area contributed by atoms with E-state index in [4.69, 9.17) is 23.2 Å². The Bertz CT molecular complexity index is 972. The van der Waals surface area contributed by atoms with Crippen molar-refractivity contribution in [2.75, 3.05) is 24.7 Å². The van der Waals surface area contributed by atoms with Crippen molar-refractivity contribution in [3.05, 3.63) is 22.7 Å². The normalized spacial score (nSPS) is 18.5. The van der Waals surface area contributed by atoms with Crippen LogP contribution in [0.4, 0.5) is 11.6 Å². The van der Waals surface area contributed by atoms with Crippen molar-refractivity contribution in [3.63, 3.8) is 0 Å². The summed E-state index contributed by atoms with van der Waals surface area (Å²) in [6.45, 7) is 4.82. The third kappa shape index (κ3) is 3.94. The lowest BCUT2D eigenvalue weighted by molar-refractivity contribution is 0.405. The van der Waals surface area contributed by atoms with Crippen LogP contribution in [0.15, 0.2) is 12.4 Å². The predicted octanol–water partition coefficient (Wildman–Crippen LogP) is 4.40. The second kappa shape index (κ2) is 8.44. The van der Waals surface area contributed by atoms with Gasteiger partial charge in [0.2, 0.25) is 5.95 Å². The summed E-state index contributed by atoms with van der Waals surface area (Å²) in [5.41, 5.74) is 1.38. The molecule has 0 saturated carbocycles. The van der Waals surface area contributed by atoms with Crippen molar-refractivity contribution in [3.8, 4) is 0 Å². The lowest BCUT2D eigenvalue weighted by Gasteiger charge is -2.16. The maximum absolute atomic E-state index is 6.39. The van der Waals surface area contributed by atoms with E-state index in [1.807, 2.05) is 17.8 Å². The third-order valence-electron chi connectivity index (χ3n) is 4.97. The molecule has 4 rings (SSSR count). The molecule has 3 aromatic rings. The van der Waals surface area contributed by atoms with Gasteiger partial charge in [0.15, 0.2) is 16.0 Å². The van der Waals surface area contributed by atoms with Gasteiger partial charge in [-0.25, -0.2) is 9.67 Å². The fraction of sp³-hybridized carbons (Fsp3) is 0.529. The first-order valence-corrected chi connectivity index (χ1v) is 11.2. The van der Waals surface area contributed by atoms with Crippen molar-refractivity contribution in [2.24, 2.45) is 0 Å². The Balaban J connectivity index is 1.55. The van der Waals surface area contributed by atoms with Crippen LogP contribution < -0.4 is 5.32 Å². The molecule has 1 unspecified atom stereocenters. The zero-order chi connectivity index (χ0) is 19.7. The molecule has 8 nitrogen and oxygen atoms in total. The topological polar surface area (TPSA) is 76.7 Å². The largest absolute Gasteiger partial charge is 0.320 e. The highest BCUT2D eigenvalue weighted by molar-refractivity contribution is 7.96. The van der Waals surface area contributed by atoms with Crippen molar-refractivity contribution < 1.29 is 0 Å². The number of rotatable bonds is 5. The fourth-order valence-electron chi connectivity index (χ4n) is 3.46. The Morgan fingerprint density at radius 1 is 1.21 bits per heavy atom. The van der Waals surface area contributed by atoms with E-state index >= 15 is 0 Å². The number of anilines is 2. The van der Waals surface area contributed by atoms with Crippen LogP contribution in [0, 0.1) is 0 Å². The van der Waals surface area contributed by atoms with Gasteiger partial charge in [-0.2, -0.15) is 15.2 Å². The lowest BCUT2D eigenvalue weighted by Crippen LogP contribution is -2.16. The SMILES string of the molecule is CCn1nc(Cl)c2cnc(Nc3cn(C4CCCN(SC)CC4)nc3Cl)nc21. The van der Waals surface area contributed by atoms with Gasteiger partial charge in [-0.3, -0.25) is 8.99 Å². The molecule has 11 heteroatoms. The highest BCUT2D eigenvalue weighted by Crippen LogP contribution is 2.30. The summed E-state index contributed by atoms with van der Waals surface area (Å²) in [5.74, 6) is 0.439. The van der Waals surface area contributed by atoms with E-state index in [9.17, 15) is 0 Å². The maximum Gasteiger partial charge on any atom is 0.229 e. The van der Waals surface area contributed by atoms with Crippen LogP contribution in [0.1, 0.15) is 32.2 Å². The Labute approximate surface area is 177 Å². The minimum atomic E-state index is 0.342. The molecule has 3 aromatic heterocycles. The number of aromatic nitrogens is 6. The molecule has 1 N–H and O–H groups in total. The van der Waals surface area contributed by atoms with Gasteiger partial charge in [-0.05, 0) is 32.4 Å². The smallest absolute Gasteiger partial charge is 0.229 e. The summed E-state index contributed by atoms with van der Waals surface area (Å²) in [5, 5.41) is 13.5. The zero-order valence-electron chi connectivity index (χ0n) is 15.8. The molecule has 150 valence electrons. The summed E-state index contributed by atoms with van der Waals surface area (Å²) in [7, 11) is 0. The molecule has 0 aromatic carbocycles. The molecule has 0 amide bonds. The summed E-state index contributed by atoms with van der Waals surface area (Å²) >= 11 is 14.3. The van der Waals surface area contributed by atoms with Crippen LogP contribution in [0.3, 0.4) is 0 Å². The third-order valence-corrected chi connectivity index (χ3v) is 6.41. The number of fused-ring (bicyclic) bond motifs is 1. The van der Waals surface area contributed by atoms with Crippen LogP contribution >= 0.6 is 35.1 Å². The summed E-state index contributed by atoms with van der Waals surface area (Å²) in [6, 6.07) is 0.342. The number of aryl methyl sites for hydroxylation is 1. The summed E-state index contributed by atoms with van der Waals surface area (Å²) in [6.07, 6.45) is 9.03. The summed E-state index contributed by atoms with van der Waals surface area (Å²) in [4.78, 5) is 8.89. The number of hydrogen-bond donors (Lipinski definition) is 1. The van der Waals surface area contributed by atoms with Gasteiger partial charge in [0.05, 0.1) is 23.3 Å². The average Bonchev–Trinajstić information content (AvgIpc) is 3.10. The monoisotopic (exact) mass is 440 g/mol. The van der Waals surface area contributed by atoms with Crippen LogP contribution in [0.2, 0.25) is 10.3 Å². The molecule has 1 aliphatic heterocycles. The lowest BCUT2D eigenvalue weighted by atomic mass is 10.1. The molecular formula is C17H22Cl2N8S. The standard InChI is InChI=1S/C17H22Cl2N8S/c1-3-26-16-12(14(18)23-26)9-20-17(22-16)21-13-10-27(24-15(13)19)11-5-4-7-25(28-2)8-6-11/h9-11H,3-8H2,1-2H3,(H,20,21,22). The molecular weight excluding hydrogens is 419 g/mol. The zero-order valence-corrected chi connectivity index (χ0v) is 18.1. The van der Waals surface area contributed by atoms with Gasteiger partial charge in [0, 0.05) is 25.8 Å². The van der Waals surface area contributed by atoms with Gasteiger partial charge in [0.1, 0.15) is 0 Å². The number of nitrogens with one attached hydrogen (secondary N) is 1. The number of nitrogens with zero attached hydrogens (tertiary/aromatic N) is 7. The van der Waals surface area contributed by atoms with Gasteiger partial charge in [-0.15, -0.1) is 0 Å². The van der Waals surface area contributed by atoms with Crippen LogP contribution in [0.5, 0.6) is 0 Å². The van der Waals surface area contributed by atoms with E-state index in [-0.39, 0.29) is 0 Å². The Hall–Kier alpha value is -1.55. The first-order valence-electron chi connectivity index (χ1n) is 9.28. The first kappa shape index (κ1) is 19.8. The maximum atomic E-state index is 6.39. The van der Waals surface area contributed by atoms with Crippen molar-refractivity contribution in [1.29, 1.82) is 0 Å². The van der Waals surface area contributed by atoms with Gasteiger partial charge < -0.3 is 5.32 Å². The van der Waals surface area contributed by atoms with Crippen molar-refractivity contribution in [1.82, 2.24) is 33.8 Å². The van der Waals surface area contributed by atoms with E-state index in [1.54, 1.807) is 22.8 Å². The van der Waals surface area contributed by atoms with Gasteiger partial charge in [0.25, 0.3) is 0 Å². The molecule has 28 heavy (non-hydrogen) atoms. The molecule has 1 fully saturated rings. The van der Waals surface area contributed by atoms with E-state index in [2.05, 4.69) is 36.0 Å². The van der Waals surface area contributed by atoms with E-state index in [0.29, 0.717) is 40.2 Å². The second-order valence-electron chi connectivity index (χ2n) is 6.67. The van der Waals surface area contributed by atoms with E-state index in [0.717, 1.165) is 37.7 Å². The van der Waals surface area contributed by atoms with Gasteiger partial charge >= 0.3 is 0 Å². The van der Waals surface area contributed by atoms with E-state index < -0.39 is 0 Å². The fourth-order valence-corrected chi connectivity index (χ4v) is 4.47. The highest BCUT2D eigenvalue weighted by atomic mass is 35.5. The Morgan fingerprint density at radius 2 is 2.07 bits per heavy atom. The molecule has 0 spiro atoms. The molecule has 1 saturated heterocycles. The molecule has 0 aliphatic carbocycles. The quantitative estimate of drug-likeness (QED) is 0.588. The Morgan fingerprint density at radius 3 is 2.86 bits per heavy atom.